The van der Waals surface area contributed by atoms with Crippen molar-refractivity contribution in [3.8, 4) is 30.0 Å². The molecule has 434 valence electrons. The van der Waals surface area contributed by atoms with Crippen LogP contribution in [0.15, 0.2) is 156 Å². The van der Waals surface area contributed by atoms with Crippen molar-refractivity contribution in [2.45, 2.75) is 46.4 Å². The number of ether oxygens (including phenoxy) is 2. The maximum absolute atomic E-state index is 11.8. The Morgan fingerprint density at radius 2 is 0.988 bits per heavy atom. The topological polar surface area (TPSA) is 265 Å². The lowest BCUT2D eigenvalue weighted by Crippen LogP contribution is -2.19. The summed E-state index contributed by atoms with van der Waals surface area (Å²) in [4.78, 5) is 61.5. The molecule has 12 rings (SSSR count). The number of carbonyl (C=O) groups is 1. The normalized spacial score (nSPS) is 10.3. The van der Waals surface area contributed by atoms with E-state index in [1.807, 2.05) is 84.9 Å². The average molecular weight is 1320 g/mol. The monoisotopic (exact) mass is 1320 g/mol. The fourth-order valence-electron chi connectivity index (χ4n) is 6.88. The first-order valence-electron chi connectivity index (χ1n) is 25.2. The maximum Gasteiger partial charge on any atom is 0.252 e. The molecule has 0 fully saturated rings. The number of aromatic nitrogens is 8. The summed E-state index contributed by atoms with van der Waals surface area (Å²) in [6.07, 6.45) is 6.08. The maximum atomic E-state index is 11.8. The van der Waals surface area contributed by atoms with Gasteiger partial charge in [-0.2, -0.15) is 15.8 Å². The number of nitriles is 3. The van der Waals surface area contributed by atoms with Crippen LogP contribution in [0.1, 0.15) is 67.9 Å². The van der Waals surface area contributed by atoms with Gasteiger partial charge in [-0.15, -0.1) is 56.9 Å². The molecule has 12 aromatic rings. The molecule has 0 saturated heterocycles. The third-order valence-electron chi connectivity index (χ3n) is 10.6. The van der Waals surface area contributed by atoms with Gasteiger partial charge in [0.2, 0.25) is 23.2 Å². The minimum Gasteiger partial charge on any atom is -0.470 e. The van der Waals surface area contributed by atoms with Crippen LogP contribution in [0.2, 0.25) is 20.1 Å². The van der Waals surface area contributed by atoms with Gasteiger partial charge in [-0.1, -0.05) is 67.2 Å². The Balaban J connectivity index is 0.000000155. The number of H-pyrrole nitrogens is 1. The third kappa shape index (κ3) is 20.1. The fourth-order valence-corrected chi connectivity index (χ4v) is 11.2. The molecule has 8 aromatic heterocycles. The summed E-state index contributed by atoms with van der Waals surface area (Å²) < 4.78 is 16.9. The SMILES string of the molecule is CC(C)C.ClCc1nc2cc(Cl)ccc2s1.N#Cc1cc[nH]c(=O)c1.N#Cc1ccn(Cc2nc3cc(Cl)ccc3s2)c(=O)c1.N#Cc1ccnc(OCc2nc3cc(Cl)ccc3s2)c1.NC(=O)c1ccnc(OCc2nc3cc(Cl)ccc3s2)c1. The number of thiazole rings is 4. The van der Waals surface area contributed by atoms with E-state index in [-0.39, 0.29) is 17.7 Å². The van der Waals surface area contributed by atoms with E-state index in [9.17, 15) is 14.4 Å². The minimum absolute atomic E-state index is 0.207. The number of hydrogen-bond acceptors (Lipinski definition) is 18. The molecule has 0 bridgehead atoms. The molecule has 0 spiro atoms. The lowest BCUT2D eigenvalue weighted by molar-refractivity contribution is 0.0999. The van der Waals surface area contributed by atoms with Crippen LogP contribution >= 0.6 is 103 Å². The first kappa shape index (κ1) is 65.2. The fraction of sp³-hybridized carbons (Fsp3) is 0.133. The quantitative estimate of drug-likeness (QED) is 0.121. The molecule has 26 heteroatoms. The van der Waals surface area contributed by atoms with Gasteiger partial charge in [0.1, 0.15) is 33.2 Å². The Morgan fingerprint density at radius 1 is 0.570 bits per heavy atom. The zero-order valence-corrected chi connectivity index (χ0v) is 52.4. The van der Waals surface area contributed by atoms with Crippen molar-refractivity contribution in [2.24, 2.45) is 11.7 Å². The molecule has 3 N–H and O–H groups in total. The molecule has 86 heavy (non-hydrogen) atoms. The number of carbonyl (C=O) groups excluding carboxylic acids is 1. The summed E-state index contributed by atoms with van der Waals surface area (Å²) >= 11 is 35.4. The van der Waals surface area contributed by atoms with Crippen LogP contribution < -0.4 is 26.3 Å². The van der Waals surface area contributed by atoms with Crippen LogP contribution in [0.25, 0.3) is 40.9 Å². The highest BCUT2D eigenvalue weighted by atomic mass is 35.5. The van der Waals surface area contributed by atoms with Crippen LogP contribution in [0.3, 0.4) is 0 Å². The highest BCUT2D eigenvalue weighted by Gasteiger charge is 2.11. The largest absolute Gasteiger partial charge is 0.470 e. The highest BCUT2D eigenvalue weighted by molar-refractivity contribution is 7.19. The predicted molar refractivity (Wildman–Crippen MR) is 345 cm³/mol. The zero-order valence-electron chi connectivity index (χ0n) is 45.4. The van der Waals surface area contributed by atoms with E-state index in [2.05, 4.69) is 55.7 Å². The second-order valence-electron chi connectivity index (χ2n) is 18.1. The van der Waals surface area contributed by atoms with Crippen LogP contribution in [-0.4, -0.2) is 45.4 Å². The molecule has 4 aromatic carbocycles. The standard InChI is InChI=1S/C14H10ClN3O2S.2C14H8ClN3OS.C8H5Cl2NS.C6H4N2O.C4H10/c15-9-1-2-11-10(6-9)18-13(21-11)7-20-12-5-8(14(16)19)3-4-17-12;15-10-1-2-12-11(6-10)17-13(20-12)8-18-4-3-9(7-16)5-14(18)19;15-10-1-2-12-11(6-10)18-14(20-12)8-19-13-5-9(7-16)3-4-17-13;9-4-8-11-6-3-5(10)1-2-7(6)12-8;7-4-5-1-2-8-6(9)3-5;1-4(2)3/h1-6H,7H2,(H2,16,19);2*1-6H,8H2;1-3H,4H2;1-3H,(H,8,9);4H,1-3H3. The molecule has 17 nitrogen and oxygen atoms in total. The van der Waals surface area contributed by atoms with E-state index in [0.717, 1.165) is 66.8 Å². The Labute approximate surface area is 532 Å². The number of primary amides is 1. The van der Waals surface area contributed by atoms with Crippen molar-refractivity contribution in [3.05, 3.63) is 229 Å². The number of pyridine rings is 4. The number of benzene rings is 4. The molecule has 0 aliphatic rings. The Kier molecular flexibility index (Phi) is 24.4. The number of aromatic amines is 1. The van der Waals surface area contributed by atoms with E-state index in [4.69, 9.17) is 89.0 Å². The molecule has 8 heterocycles. The number of nitrogens with one attached hydrogen (secondary N) is 1. The van der Waals surface area contributed by atoms with E-state index in [0.29, 0.717) is 73.1 Å². The van der Waals surface area contributed by atoms with E-state index in [1.165, 1.54) is 63.9 Å². The van der Waals surface area contributed by atoms with E-state index >= 15 is 0 Å². The summed E-state index contributed by atoms with van der Waals surface area (Å²) in [7, 11) is 0. The number of halogens is 5. The van der Waals surface area contributed by atoms with Crippen molar-refractivity contribution in [3.63, 3.8) is 0 Å². The van der Waals surface area contributed by atoms with Crippen LogP contribution in [0.4, 0.5) is 0 Å². The van der Waals surface area contributed by atoms with Crippen LogP contribution in [0, 0.1) is 39.9 Å². The highest BCUT2D eigenvalue weighted by Crippen LogP contribution is 2.29. The molecule has 1 amide bonds. The first-order chi connectivity index (χ1) is 41.4. The van der Waals surface area contributed by atoms with Crippen molar-refractivity contribution in [1.29, 1.82) is 15.8 Å². The van der Waals surface area contributed by atoms with Gasteiger partial charge < -0.3 is 24.8 Å². The van der Waals surface area contributed by atoms with Crippen molar-refractivity contribution >= 4 is 150 Å². The molecule has 0 saturated carbocycles. The molecule has 0 aliphatic heterocycles. The van der Waals surface area contributed by atoms with Crippen molar-refractivity contribution in [2.75, 3.05) is 0 Å². The van der Waals surface area contributed by atoms with Gasteiger partial charge >= 0.3 is 0 Å². The lowest BCUT2D eigenvalue weighted by Gasteiger charge is -2.03. The number of rotatable bonds is 10. The number of alkyl halides is 1. The van der Waals surface area contributed by atoms with Crippen LogP contribution in [0.5, 0.6) is 11.8 Å². The molecule has 0 atom stereocenters. The second kappa shape index (κ2) is 32.2. The van der Waals surface area contributed by atoms with E-state index in [1.54, 1.807) is 65.4 Å². The van der Waals surface area contributed by atoms with Gasteiger partial charge in [0.05, 0.1) is 88.2 Å². The summed E-state index contributed by atoms with van der Waals surface area (Å²) in [5, 5.41) is 31.9. The van der Waals surface area contributed by atoms with Gasteiger partial charge in [-0.25, -0.2) is 29.9 Å². The number of nitrogens with two attached hydrogens (primary N) is 1. The number of amides is 1. The second-order valence-corrected chi connectivity index (χ2v) is 24.6. The Morgan fingerprint density at radius 3 is 1.43 bits per heavy atom. The Bertz CT molecular complexity index is 4560. The van der Waals surface area contributed by atoms with Gasteiger partial charge in [0.25, 0.3) is 5.56 Å². The van der Waals surface area contributed by atoms with Crippen molar-refractivity contribution in [1.82, 2.24) is 39.5 Å². The predicted octanol–water partition coefficient (Wildman–Crippen LogP) is 15.4. The van der Waals surface area contributed by atoms with Gasteiger partial charge in [0.15, 0.2) is 0 Å². The van der Waals surface area contributed by atoms with E-state index < -0.39 is 5.91 Å². The summed E-state index contributed by atoms with van der Waals surface area (Å²) in [5.74, 6) is 1.54. The zero-order chi connectivity index (χ0) is 61.7. The number of hydrogen-bond donors (Lipinski definition) is 2. The molecule has 0 unspecified atom stereocenters. The summed E-state index contributed by atoms with van der Waals surface area (Å²) in [6.45, 7) is 7.48. The summed E-state index contributed by atoms with van der Waals surface area (Å²) in [5.41, 5.74) is 9.85. The van der Waals surface area contributed by atoms with Crippen molar-refractivity contribution < 1.29 is 14.3 Å². The molecular formula is C60H45Cl5N12O5S4. The number of fused-ring (bicyclic) bond motifs is 4. The van der Waals surface area contributed by atoms with Gasteiger partial charge in [-0.3, -0.25) is 14.4 Å². The summed E-state index contributed by atoms with van der Waals surface area (Å²) in [6, 6.07) is 40.2. The molecular weight excluding hydrogens is 1270 g/mol. The minimum atomic E-state index is -0.517. The van der Waals surface area contributed by atoms with Gasteiger partial charge in [-0.05, 0) is 103 Å². The van der Waals surface area contributed by atoms with Gasteiger partial charge in [0, 0.05) is 74.7 Å². The Hall–Kier alpha value is -8.37. The smallest absolute Gasteiger partial charge is 0.252 e. The number of nitrogens with zero attached hydrogens (tertiary/aromatic N) is 10. The first-order valence-corrected chi connectivity index (χ1v) is 30.5. The molecule has 0 radical (unpaired) electrons. The lowest BCUT2D eigenvalue weighted by atomic mass is 10.2. The average Bonchev–Trinajstić information content (AvgIpc) is 4.45. The third-order valence-corrected chi connectivity index (χ3v) is 16.0. The molecule has 0 aliphatic carbocycles. The van der Waals surface area contributed by atoms with Crippen LogP contribution in [-0.2, 0) is 25.6 Å².